The van der Waals surface area contributed by atoms with E-state index in [1.807, 2.05) is 6.20 Å². The molecule has 3 heterocycles. The minimum absolute atomic E-state index is 0.552. The standard InChI is InChI=1S/C21H28N2O.C11H19N2/c24-12-11-23-15-19(14-21(23)9-8-20-5-2-10-22-20)18-7-6-16-3-1-4-17(16)13-18;1-4-5-9-13(3)11-7-6-8-12(2)10-11/h2,6,10,12-13,18-19,21H,1,3-5,7-9,11,14-15H2;6-8,10H,4-5,9H2,1-3H3/q;+1. The van der Waals surface area contributed by atoms with Gasteiger partial charge in [-0.05, 0) is 80.4 Å². The molecule has 1 saturated carbocycles. The van der Waals surface area contributed by atoms with Gasteiger partial charge in [0.2, 0.25) is 0 Å². The van der Waals surface area contributed by atoms with Crippen LogP contribution in [0, 0.1) is 11.8 Å². The minimum atomic E-state index is 0.552. The van der Waals surface area contributed by atoms with Gasteiger partial charge in [0.1, 0.15) is 19.0 Å². The van der Waals surface area contributed by atoms with Crippen molar-refractivity contribution in [3.05, 3.63) is 60.1 Å². The van der Waals surface area contributed by atoms with Crippen molar-refractivity contribution in [1.29, 1.82) is 0 Å². The van der Waals surface area contributed by atoms with Crippen molar-refractivity contribution in [1.82, 2.24) is 4.90 Å². The summed E-state index contributed by atoms with van der Waals surface area (Å²) < 4.78 is 2.08. The van der Waals surface area contributed by atoms with Crippen LogP contribution in [-0.4, -0.2) is 49.6 Å². The van der Waals surface area contributed by atoms with Gasteiger partial charge in [-0.3, -0.25) is 9.89 Å². The Hall–Kier alpha value is -2.53. The van der Waals surface area contributed by atoms with Crippen LogP contribution in [-0.2, 0) is 11.8 Å². The van der Waals surface area contributed by atoms with E-state index in [0.29, 0.717) is 24.4 Å². The van der Waals surface area contributed by atoms with E-state index in [2.05, 4.69) is 83.1 Å². The van der Waals surface area contributed by atoms with E-state index in [1.54, 1.807) is 11.1 Å². The van der Waals surface area contributed by atoms with E-state index in [9.17, 15) is 4.79 Å². The Labute approximate surface area is 224 Å². The number of fused-ring (bicyclic) bond motifs is 1. The maximum atomic E-state index is 11.1. The minimum Gasteiger partial charge on any atom is -0.370 e. The van der Waals surface area contributed by atoms with Crippen molar-refractivity contribution in [2.45, 2.75) is 77.2 Å². The maximum Gasteiger partial charge on any atom is 0.192 e. The van der Waals surface area contributed by atoms with Gasteiger partial charge in [-0.25, -0.2) is 4.57 Å². The first kappa shape index (κ1) is 27.5. The van der Waals surface area contributed by atoms with Crippen LogP contribution in [0.15, 0.2) is 65.1 Å². The second-order valence-corrected chi connectivity index (χ2v) is 11.3. The number of unbranched alkanes of at least 4 members (excludes halogenated alkanes) is 1. The number of aliphatic imine (C=N–C) groups is 1. The molecule has 2 aliphatic heterocycles. The second kappa shape index (κ2) is 13.9. The zero-order valence-corrected chi connectivity index (χ0v) is 23.3. The molecule has 1 saturated heterocycles. The fourth-order valence-electron chi connectivity index (χ4n) is 6.32. The lowest BCUT2D eigenvalue weighted by molar-refractivity contribution is -0.670. The van der Waals surface area contributed by atoms with Crippen molar-refractivity contribution in [3.8, 4) is 0 Å². The number of anilines is 1. The van der Waals surface area contributed by atoms with Crippen LogP contribution >= 0.6 is 0 Å². The van der Waals surface area contributed by atoms with E-state index in [0.717, 1.165) is 38.6 Å². The molecule has 2 fully saturated rings. The molecule has 0 radical (unpaired) electrons. The van der Waals surface area contributed by atoms with Gasteiger partial charge in [-0.2, -0.15) is 0 Å². The number of allylic oxidation sites excluding steroid dienone is 5. The number of carbonyl (C=O) groups is 1. The number of carbonyl (C=O) groups excluding carboxylic acids is 1. The number of aldehydes is 1. The third kappa shape index (κ3) is 7.73. The number of aryl methyl sites for hydroxylation is 1. The topological polar surface area (TPSA) is 39.8 Å². The van der Waals surface area contributed by atoms with Crippen molar-refractivity contribution >= 4 is 17.7 Å². The predicted molar refractivity (Wildman–Crippen MR) is 154 cm³/mol. The third-order valence-electron chi connectivity index (χ3n) is 8.53. The van der Waals surface area contributed by atoms with Crippen LogP contribution in [0.3, 0.4) is 0 Å². The van der Waals surface area contributed by atoms with Gasteiger partial charge >= 0.3 is 0 Å². The Morgan fingerprint density at radius 3 is 2.89 bits per heavy atom. The zero-order chi connectivity index (χ0) is 26.0. The molecule has 1 aromatic rings. The average Bonchev–Trinajstić information content (AvgIpc) is 3.67. The second-order valence-electron chi connectivity index (χ2n) is 11.3. The Morgan fingerprint density at radius 1 is 1.27 bits per heavy atom. The third-order valence-corrected chi connectivity index (χ3v) is 8.53. The molecular formula is C32H47N4O+. The summed E-state index contributed by atoms with van der Waals surface area (Å²) in [7, 11) is 4.20. The van der Waals surface area contributed by atoms with E-state index in [4.69, 9.17) is 0 Å². The number of rotatable bonds is 10. The molecule has 0 spiro atoms. The molecule has 3 atom stereocenters. The van der Waals surface area contributed by atoms with Gasteiger partial charge in [0, 0.05) is 50.6 Å². The highest BCUT2D eigenvalue weighted by Crippen LogP contribution is 2.41. The quantitative estimate of drug-likeness (QED) is 0.298. The van der Waals surface area contributed by atoms with Crippen LogP contribution in [0.1, 0.15) is 71.1 Å². The summed E-state index contributed by atoms with van der Waals surface area (Å²) in [4.78, 5) is 20.3. The number of pyridine rings is 1. The summed E-state index contributed by atoms with van der Waals surface area (Å²) >= 11 is 0. The first-order valence-electron chi connectivity index (χ1n) is 14.5. The van der Waals surface area contributed by atoms with Gasteiger partial charge in [0.05, 0.1) is 6.54 Å². The number of nitrogens with zero attached hydrogens (tertiary/aromatic N) is 4. The largest absolute Gasteiger partial charge is 0.370 e. The lowest BCUT2D eigenvalue weighted by Gasteiger charge is -2.24. The summed E-state index contributed by atoms with van der Waals surface area (Å²) in [5.74, 6) is 1.40. The lowest BCUT2D eigenvalue weighted by atomic mass is 9.81. The highest BCUT2D eigenvalue weighted by molar-refractivity contribution is 5.88. The highest BCUT2D eigenvalue weighted by atomic mass is 16.1. The van der Waals surface area contributed by atoms with Gasteiger partial charge in [-0.15, -0.1) is 0 Å². The molecule has 2 aliphatic carbocycles. The first-order valence-corrected chi connectivity index (χ1v) is 14.5. The summed E-state index contributed by atoms with van der Waals surface area (Å²) in [5.41, 5.74) is 5.85. The molecule has 4 aliphatic rings. The summed E-state index contributed by atoms with van der Waals surface area (Å²) in [6.07, 6.45) is 26.6. The fourth-order valence-corrected chi connectivity index (χ4v) is 6.32. The Bertz CT molecular complexity index is 1020. The van der Waals surface area contributed by atoms with Crippen molar-refractivity contribution < 1.29 is 9.36 Å². The molecule has 5 rings (SSSR count). The SMILES string of the molecule is CCCCN(C)c1ccc[n+](C)c1.O=CCN1CC(C2C=C3CCCC3=CC2)CC1CCC1=NC=CC1. The average molecular weight is 504 g/mol. The lowest BCUT2D eigenvalue weighted by Crippen LogP contribution is -2.32. The first-order chi connectivity index (χ1) is 18.1. The normalized spacial score (nSPS) is 24.6. The Balaban J connectivity index is 0.000000209. The summed E-state index contributed by atoms with van der Waals surface area (Å²) in [6, 6.07) is 4.78. The number of hydrogen-bond donors (Lipinski definition) is 0. The van der Waals surface area contributed by atoms with Crippen LogP contribution in [0.2, 0.25) is 0 Å². The van der Waals surface area contributed by atoms with E-state index >= 15 is 0 Å². The number of aromatic nitrogens is 1. The van der Waals surface area contributed by atoms with Crippen LogP contribution in [0.5, 0.6) is 0 Å². The monoisotopic (exact) mass is 503 g/mol. The van der Waals surface area contributed by atoms with E-state index < -0.39 is 0 Å². The predicted octanol–water partition coefficient (Wildman–Crippen LogP) is 5.82. The highest BCUT2D eigenvalue weighted by Gasteiger charge is 2.36. The van der Waals surface area contributed by atoms with Crippen molar-refractivity contribution in [2.75, 3.05) is 31.6 Å². The van der Waals surface area contributed by atoms with Gasteiger partial charge in [0.25, 0.3) is 0 Å². The van der Waals surface area contributed by atoms with Gasteiger partial charge in [-0.1, -0.05) is 31.6 Å². The number of likely N-dealkylation sites (tertiary alicyclic amines) is 1. The molecule has 5 heteroatoms. The maximum absolute atomic E-state index is 11.1. The van der Waals surface area contributed by atoms with Crippen molar-refractivity contribution in [3.63, 3.8) is 0 Å². The Kier molecular flexibility index (Phi) is 10.3. The molecule has 1 aromatic heterocycles. The molecule has 0 amide bonds. The summed E-state index contributed by atoms with van der Waals surface area (Å²) in [5, 5.41) is 0. The van der Waals surface area contributed by atoms with Crippen LogP contribution < -0.4 is 9.47 Å². The fraction of sp³-hybridized carbons (Fsp3) is 0.594. The molecule has 0 N–H and O–H groups in total. The summed E-state index contributed by atoms with van der Waals surface area (Å²) in [6.45, 7) is 5.04. The number of hydrogen-bond acceptors (Lipinski definition) is 4. The molecular weight excluding hydrogens is 456 g/mol. The smallest absolute Gasteiger partial charge is 0.192 e. The molecule has 0 aromatic carbocycles. The van der Waals surface area contributed by atoms with E-state index in [1.165, 1.54) is 56.3 Å². The molecule has 0 bridgehead atoms. The molecule has 3 unspecified atom stereocenters. The van der Waals surface area contributed by atoms with E-state index in [-0.39, 0.29) is 0 Å². The molecule has 5 nitrogen and oxygen atoms in total. The van der Waals surface area contributed by atoms with Crippen LogP contribution in [0.4, 0.5) is 5.69 Å². The van der Waals surface area contributed by atoms with Gasteiger partial charge in [0.15, 0.2) is 12.4 Å². The molecule has 37 heavy (non-hydrogen) atoms. The van der Waals surface area contributed by atoms with Gasteiger partial charge < -0.3 is 9.69 Å². The van der Waals surface area contributed by atoms with Crippen molar-refractivity contribution in [2.24, 2.45) is 23.9 Å². The molecule has 200 valence electrons. The Morgan fingerprint density at radius 2 is 2.14 bits per heavy atom. The zero-order valence-electron chi connectivity index (χ0n) is 23.3. The van der Waals surface area contributed by atoms with Crippen LogP contribution in [0.25, 0.3) is 0 Å².